The zero-order valence-electron chi connectivity index (χ0n) is 43.2. The number of rotatable bonds is 22. The van der Waals surface area contributed by atoms with Crippen molar-refractivity contribution in [2.45, 2.75) is 89.6 Å². The maximum atomic E-state index is 13.5. The minimum atomic E-state index is -2.41. The second kappa shape index (κ2) is 24.6. The molecule has 3 aromatic heterocycles. The fourth-order valence-electron chi connectivity index (χ4n) is 10.2. The molecule has 0 spiro atoms. The van der Waals surface area contributed by atoms with Gasteiger partial charge in [0.1, 0.15) is 71.9 Å². The second-order valence-electron chi connectivity index (χ2n) is 19.7. The molecule has 4 fully saturated rings. The standard InChI is InChI=1S/C52H72F2N13O7/c1-32-46(57-37-12-19-70-28-37)60-49(61-50(32)65-15-8-14-64(17-18-65)27-45(53)54)36-21-39(24-43(23-36)73-31-41(69)26-56-5)67-34(3)63-74-52(67)44-11-7-16-66(44)51-33(2)47(58-38-13-20-71-29-38)59-48(62-51)35-9-6-10-42(22-35)72-30-40(68)25-55-4/h6,9-10,21-24,37-38,40-41,44-45,55-56,68-69H,7-8,11-20,25-31H2,1-5H3,(H,57,60,61)(H,58,59,62)/q+1. The first-order chi connectivity index (χ1) is 35.9. The van der Waals surface area contributed by atoms with Crippen molar-refractivity contribution in [3.63, 3.8) is 0 Å². The maximum absolute atomic E-state index is 13.5. The summed E-state index contributed by atoms with van der Waals surface area (Å²) in [5.74, 6) is 6.01. The third-order valence-corrected chi connectivity index (χ3v) is 14.0. The molecule has 20 nitrogen and oxygen atoms in total. The molecule has 5 unspecified atom stereocenters. The Morgan fingerprint density at radius 1 is 0.730 bits per heavy atom. The monoisotopic (exact) mass is 1030 g/mol. The fraction of sp³-hybridized carbons (Fsp3) is 0.577. The van der Waals surface area contributed by atoms with Crippen molar-refractivity contribution < 1.29 is 47.0 Å². The number of anilines is 4. The van der Waals surface area contributed by atoms with Crippen molar-refractivity contribution in [1.29, 1.82) is 0 Å². The third-order valence-electron chi connectivity index (χ3n) is 14.0. The van der Waals surface area contributed by atoms with Crippen LogP contribution in [-0.4, -0.2) is 177 Å². The average Bonchev–Trinajstić information content (AvgIpc) is 4.24. The quantitative estimate of drug-likeness (QED) is 0.0535. The predicted molar refractivity (Wildman–Crippen MR) is 276 cm³/mol. The number of aliphatic hydroxyl groups excluding tert-OH is 2. The van der Waals surface area contributed by atoms with Gasteiger partial charge in [0.25, 0.3) is 6.43 Å². The van der Waals surface area contributed by atoms with Gasteiger partial charge in [0, 0.05) is 94.3 Å². The molecule has 4 saturated heterocycles. The minimum Gasteiger partial charge on any atom is -0.491 e. The van der Waals surface area contributed by atoms with E-state index in [4.69, 9.17) is 43.4 Å². The van der Waals surface area contributed by atoms with Crippen molar-refractivity contribution >= 4 is 23.3 Å². The lowest BCUT2D eigenvalue weighted by molar-refractivity contribution is -0.617. The normalized spacial score (nSPS) is 20.3. The van der Waals surface area contributed by atoms with E-state index >= 15 is 0 Å². The highest BCUT2D eigenvalue weighted by Gasteiger charge is 2.40. The SMILES string of the molecule is CNCC(O)COc1cccc(-c2nc(NC3CCOC3)c(C)c(N3CCCC3c3onc(C)[n+]3-c3cc(OCC(O)CNC)cc(-c4nc(NC5CCOC5)c(C)c(N5CCCN(CC(F)F)CC5)n4)c3)n2)c1. The predicted octanol–water partition coefficient (Wildman–Crippen LogP) is 4.23. The van der Waals surface area contributed by atoms with E-state index in [-0.39, 0.29) is 37.9 Å². The van der Waals surface area contributed by atoms with Crippen LogP contribution >= 0.6 is 0 Å². The van der Waals surface area contributed by atoms with E-state index in [1.54, 1.807) is 14.1 Å². The summed E-state index contributed by atoms with van der Waals surface area (Å²) in [4.78, 5) is 27.1. The molecule has 0 saturated carbocycles. The van der Waals surface area contributed by atoms with Gasteiger partial charge in [-0.15, -0.1) is 0 Å². The van der Waals surface area contributed by atoms with Gasteiger partial charge in [0.05, 0.1) is 31.8 Å². The van der Waals surface area contributed by atoms with Gasteiger partial charge >= 0.3 is 11.7 Å². The summed E-state index contributed by atoms with van der Waals surface area (Å²) in [6.07, 6.45) is 0.0753. The van der Waals surface area contributed by atoms with Gasteiger partial charge in [0.2, 0.25) is 0 Å². The molecule has 2 aromatic carbocycles. The van der Waals surface area contributed by atoms with Crippen LogP contribution in [0.5, 0.6) is 11.5 Å². The van der Waals surface area contributed by atoms with Crippen LogP contribution in [-0.2, 0) is 9.47 Å². The number of hydrogen-bond acceptors (Lipinski definition) is 19. The molecule has 0 radical (unpaired) electrons. The van der Waals surface area contributed by atoms with Crippen LogP contribution in [0.2, 0.25) is 0 Å². The Bertz CT molecular complexity index is 2650. The Labute approximate surface area is 431 Å². The lowest BCUT2D eigenvalue weighted by Crippen LogP contribution is -2.41. The number of hydrogen-bond donors (Lipinski definition) is 6. The summed E-state index contributed by atoms with van der Waals surface area (Å²) >= 11 is 0. The van der Waals surface area contributed by atoms with Crippen LogP contribution < -0.4 is 45.1 Å². The van der Waals surface area contributed by atoms with Crippen LogP contribution in [0, 0.1) is 20.8 Å². The summed E-state index contributed by atoms with van der Waals surface area (Å²) in [7, 11) is 3.56. The largest absolute Gasteiger partial charge is 0.491 e. The topological polar surface area (TPSA) is 217 Å². The van der Waals surface area contributed by atoms with E-state index < -0.39 is 18.6 Å². The van der Waals surface area contributed by atoms with Crippen molar-refractivity contribution in [3.05, 3.63) is 65.3 Å². The molecule has 5 atom stereocenters. The summed E-state index contributed by atoms with van der Waals surface area (Å²) in [5.41, 5.74) is 3.82. The van der Waals surface area contributed by atoms with Crippen molar-refractivity contribution in [1.82, 2.24) is 40.6 Å². The van der Waals surface area contributed by atoms with E-state index in [1.165, 1.54) is 0 Å². The number of nitrogens with zero attached hydrogens (tertiary/aromatic N) is 9. The fourth-order valence-corrected chi connectivity index (χ4v) is 10.2. The number of aliphatic hydroxyl groups is 2. The molecule has 74 heavy (non-hydrogen) atoms. The van der Waals surface area contributed by atoms with Gasteiger partial charge < -0.3 is 60.2 Å². The molecule has 400 valence electrons. The third kappa shape index (κ3) is 12.8. The van der Waals surface area contributed by atoms with Crippen LogP contribution in [0.3, 0.4) is 0 Å². The van der Waals surface area contributed by atoms with Crippen LogP contribution in [0.15, 0.2) is 47.0 Å². The molecule has 9 rings (SSSR count). The first-order valence-electron chi connectivity index (χ1n) is 26.0. The summed E-state index contributed by atoms with van der Waals surface area (Å²) in [6.45, 7) is 11.8. The Morgan fingerprint density at radius 3 is 2.04 bits per heavy atom. The van der Waals surface area contributed by atoms with Crippen molar-refractivity contribution in [2.24, 2.45) is 0 Å². The van der Waals surface area contributed by atoms with Gasteiger partial charge in [0.15, 0.2) is 16.8 Å². The first-order valence-corrected chi connectivity index (χ1v) is 26.0. The molecule has 6 N–H and O–H groups in total. The number of ether oxygens (including phenoxy) is 4. The average molecular weight is 1030 g/mol. The van der Waals surface area contributed by atoms with E-state index in [0.717, 1.165) is 54.0 Å². The zero-order valence-corrected chi connectivity index (χ0v) is 43.2. The van der Waals surface area contributed by atoms with Crippen molar-refractivity contribution in [2.75, 3.05) is 127 Å². The highest BCUT2D eigenvalue weighted by atomic mass is 19.3. The van der Waals surface area contributed by atoms with E-state index in [9.17, 15) is 19.0 Å². The molecular weight excluding hydrogens is 957 g/mol. The van der Waals surface area contributed by atoms with Gasteiger partial charge in [-0.25, -0.2) is 33.2 Å². The molecule has 4 aliphatic heterocycles. The number of nitrogens with one attached hydrogen (secondary N) is 4. The smallest absolute Gasteiger partial charge is 0.350 e. The van der Waals surface area contributed by atoms with Gasteiger partial charge in [-0.1, -0.05) is 12.1 Å². The summed E-state index contributed by atoms with van der Waals surface area (Å²) in [6, 6.07) is 13.2. The number of alkyl halides is 2. The lowest BCUT2D eigenvalue weighted by Gasteiger charge is -2.27. The maximum Gasteiger partial charge on any atom is 0.350 e. The lowest BCUT2D eigenvalue weighted by atomic mass is 10.1. The molecule has 5 aromatic rings. The van der Waals surface area contributed by atoms with Crippen LogP contribution in [0.25, 0.3) is 28.5 Å². The Kier molecular flexibility index (Phi) is 17.6. The summed E-state index contributed by atoms with van der Waals surface area (Å²) < 4.78 is 59.3. The van der Waals surface area contributed by atoms with Crippen LogP contribution in [0.1, 0.15) is 61.0 Å². The molecular formula is C52H72F2N13O7+. The number of likely N-dealkylation sites (N-methyl/N-ethyl adjacent to an activating group) is 2. The van der Waals surface area contributed by atoms with Crippen molar-refractivity contribution in [3.8, 4) is 40.0 Å². The number of aryl methyl sites for hydroxylation is 1. The first kappa shape index (κ1) is 53.0. The second-order valence-corrected chi connectivity index (χ2v) is 19.7. The molecule has 4 aliphatic rings. The molecule has 22 heteroatoms. The minimum absolute atomic E-state index is 0.0175. The number of halogens is 2. The Hall–Kier alpha value is -5.88. The molecule has 0 amide bonds. The van der Waals surface area contributed by atoms with E-state index in [2.05, 4.69) is 36.2 Å². The highest BCUT2D eigenvalue weighted by molar-refractivity contribution is 5.70. The Balaban J connectivity index is 1.11. The van der Waals surface area contributed by atoms with Crippen LogP contribution in [0.4, 0.5) is 32.1 Å². The number of benzene rings is 2. The molecule has 0 bridgehead atoms. The van der Waals surface area contributed by atoms with Gasteiger partial charge in [-0.2, -0.15) is 4.57 Å². The number of aromatic nitrogens is 6. The molecule has 0 aliphatic carbocycles. The summed E-state index contributed by atoms with van der Waals surface area (Å²) in [5, 5.41) is 39.1. The van der Waals surface area contributed by atoms with Gasteiger partial charge in [-0.3, -0.25) is 4.90 Å². The van der Waals surface area contributed by atoms with E-state index in [1.807, 2.05) is 72.7 Å². The van der Waals surface area contributed by atoms with Gasteiger partial charge in [-0.05, 0) is 84.3 Å². The Morgan fingerprint density at radius 2 is 1.38 bits per heavy atom. The zero-order chi connectivity index (χ0) is 51.7. The highest BCUT2D eigenvalue weighted by Crippen LogP contribution is 2.40. The van der Waals surface area contributed by atoms with E-state index in [0.29, 0.717) is 136 Å². The molecule has 7 heterocycles.